The van der Waals surface area contributed by atoms with Crippen molar-refractivity contribution in [1.82, 2.24) is 5.16 Å². The molecule has 0 unspecified atom stereocenters. The molecule has 0 spiro atoms. The van der Waals surface area contributed by atoms with Gasteiger partial charge in [-0.3, -0.25) is 0 Å². The minimum Gasteiger partial charge on any atom is -0.397 e. The molecule has 6 heteroatoms. The molecule has 1 heterocycles. The molecule has 0 amide bonds. The molecule has 0 atom stereocenters. The SMILES string of the molecule is Cc1cc(CN(C)c2cc(Cl)c(F)cc2N)no1. The lowest BCUT2D eigenvalue weighted by Crippen LogP contribution is -2.18. The third-order valence-corrected chi connectivity index (χ3v) is 2.85. The molecule has 18 heavy (non-hydrogen) atoms. The Balaban J connectivity index is 2.23. The van der Waals surface area contributed by atoms with Crippen LogP contribution in [0.2, 0.25) is 5.02 Å². The average molecular weight is 270 g/mol. The van der Waals surface area contributed by atoms with Crippen molar-refractivity contribution in [2.24, 2.45) is 0 Å². The Labute approximate surface area is 109 Å². The van der Waals surface area contributed by atoms with Crippen molar-refractivity contribution >= 4 is 23.0 Å². The van der Waals surface area contributed by atoms with Gasteiger partial charge >= 0.3 is 0 Å². The van der Waals surface area contributed by atoms with E-state index in [1.165, 1.54) is 12.1 Å². The van der Waals surface area contributed by atoms with E-state index >= 15 is 0 Å². The summed E-state index contributed by atoms with van der Waals surface area (Å²) in [5.74, 6) is 0.215. The number of rotatable bonds is 3. The number of benzene rings is 1. The summed E-state index contributed by atoms with van der Waals surface area (Å²) in [6.07, 6.45) is 0. The van der Waals surface area contributed by atoms with Crippen LogP contribution in [0.25, 0.3) is 0 Å². The first-order valence-corrected chi connectivity index (χ1v) is 5.73. The van der Waals surface area contributed by atoms with Crippen molar-refractivity contribution in [1.29, 1.82) is 0 Å². The van der Waals surface area contributed by atoms with E-state index in [1.54, 1.807) is 0 Å². The predicted octanol–water partition coefficient (Wildman–Crippen LogP) is 2.99. The third kappa shape index (κ3) is 2.56. The van der Waals surface area contributed by atoms with E-state index in [-0.39, 0.29) is 5.02 Å². The van der Waals surface area contributed by atoms with Crippen LogP contribution in [0.5, 0.6) is 0 Å². The molecular weight excluding hydrogens is 257 g/mol. The van der Waals surface area contributed by atoms with E-state index in [2.05, 4.69) is 5.16 Å². The highest BCUT2D eigenvalue weighted by atomic mass is 35.5. The molecule has 0 fully saturated rings. The summed E-state index contributed by atoms with van der Waals surface area (Å²) >= 11 is 5.75. The quantitative estimate of drug-likeness (QED) is 0.871. The first-order valence-electron chi connectivity index (χ1n) is 5.35. The molecule has 0 saturated heterocycles. The number of nitrogens with zero attached hydrogens (tertiary/aromatic N) is 2. The maximum Gasteiger partial charge on any atom is 0.143 e. The van der Waals surface area contributed by atoms with Gasteiger partial charge in [-0.05, 0) is 13.0 Å². The number of aromatic nitrogens is 1. The molecule has 0 radical (unpaired) electrons. The number of hydrogen-bond donors (Lipinski definition) is 1. The molecule has 0 aliphatic carbocycles. The zero-order valence-electron chi connectivity index (χ0n) is 10.1. The third-order valence-electron chi connectivity index (χ3n) is 2.56. The van der Waals surface area contributed by atoms with Crippen LogP contribution in [0, 0.1) is 12.7 Å². The molecular formula is C12H13ClFN3O. The molecule has 4 nitrogen and oxygen atoms in total. The minimum absolute atomic E-state index is 0.0439. The molecule has 1 aromatic heterocycles. The van der Waals surface area contributed by atoms with Gasteiger partial charge in [-0.2, -0.15) is 0 Å². The molecule has 0 aliphatic heterocycles. The molecule has 2 N–H and O–H groups in total. The van der Waals surface area contributed by atoms with Gasteiger partial charge in [0.05, 0.1) is 22.9 Å². The number of hydrogen-bond acceptors (Lipinski definition) is 4. The van der Waals surface area contributed by atoms with E-state index in [9.17, 15) is 4.39 Å². The summed E-state index contributed by atoms with van der Waals surface area (Å²) in [7, 11) is 1.82. The Morgan fingerprint density at radius 1 is 1.44 bits per heavy atom. The van der Waals surface area contributed by atoms with Crippen molar-refractivity contribution < 1.29 is 8.91 Å². The second kappa shape index (κ2) is 4.86. The normalized spacial score (nSPS) is 10.7. The van der Waals surface area contributed by atoms with Crippen molar-refractivity contribution in [2.45, 2.75) is 13.5 Å². The minimum atomic E-state index is -0.524. The molecule has 0 bridgehead atoms. The molecule has 0 saturated carbocycles. The lowest BCUT2D eigenvalue weighted by Gasteiger charge is -2.20. The Kier molecular flexibility index (Phi) is 3.43. The smallest absolute Gasteiger partial charge is 0.143 e. The highest BCUT2D eigenvalue weighted by molar-refractivity contribution is 6.31. The monoisotopic (exact) mass is 269 g/mol. The standard InChI is InChI=1S/C12H13ClFN3O/c1-7-3-8(16-18-7)6-17(2)12-4-9(13)10(14)5-11(12)15/h3-5H,6,15H2,1-2H3. The van der Waals surface area contributed by atoms with Gasteiger partial charge in [-0.25, -0.2) is 4.39 Å². The summed E-state index contributed by atoms with van der Waals surface area (Å²) in [5, 5.41) is 3.93. The predicted molar refractivity (Wildman–Crippen MR) is 69.2 cm³/mol. The van der Waals surface area contributed by atoms with Gasteiger partial charge in [0.25, 0.3) is 0 Å². The number of nitrogen functional groups attached to an aromatic ring is 1. The number of halogens is 2. The maximum absolute atomic E-state index is 13.2. The van der Waals surface area contributed by atoms with Gasteiger partial charge < -0.3 is 15.2 Å². The van der Waals surface area contributed by atoms with E-state index in [0.717, 1.165) is 11.5 Å². The van der Waals surface area contributed by atoms with Crippen molar-refractivity contribution in [2.75, 3.05) is 17.7 Å². The van der Waals surface area contributed by atoms with E-state index in [4.69, 9.17) is 21.9 Å². The molecule has 2 aromatic rings. The summed E-state index contributed by atoms with van der Waals surface area (Å²) in [6.45, 7) is 2.32. The van der Waals surface area contributed by atoms with Gasteiger partial charge in [-0.15, -0.1) is 0 Å². The molecule has 0 aliphatic rings. The number of nitrogens with two attached hydrogens (primary N) is 1. The largest absolute Gasteiger partial charge is 0.397 e. The fraction of sp³-hybridized carbons (Fsp3) is 0.250. The van der Waals surface area contributed by atoms with Gasteiger partial charge in [0.1, 0.15) is 17.3 Å². The van der Waals surface area contributed by atoms with Crippen molar-refractivity contribution in [3.05, 3.63) is 40.5 Å². The molecule has 96 valence electrons. The second-order valence-electron chi connectivity index (χ2n) is 4.11. The van der Waals surface area contributed by atoms with Crippen LogP contribution in [0.1, 0.15) is 11.5 Å². The topological polar surface area (TPSA) is 55.3 Å². The highest BCUT2D eigenvalue weighted by Crippen LogP contribution is 2.29. The van der Waals surface area contributed by atoms with Crippen molar-refractivity contribution in [3.63, 3.8) is 0 Å². The number of aryl methyl sites for hydroxylation is 1. The van der Waals surface area contributed by atoms with Crippen LogP contribution in [0.15, 0.2) is 22.7 Å². The van der Waals surface area contributed by atoms with Crippen molar-refractivity contribution in [3.8, 4) is 0 Å². The molecule has 2 rings (SSSR count). The fourth-order valence-electron chi connectivity index (χ4n) is 1.70. The Morgan fingerprint density at radius 3 is 2.78 bits per heavy atom. The van der Waals surface area contributed by atoms with Crippen LogP contribution in [-0.4, -0.2) is 12.2 Å². The first kappa shape index (κ1) is 12.7. The lowest BCUT2D eigenvalue weighted by atomic mass is 10.2. The number of anilines is 2. The Morgan fingerprint density at radius 2 is 2.17 bits per heavy atom. The van der Waals surface area contributed by atoms with Gasteiger partial charge in [-0.1, -0.05) is 16.8 Å². The summed E-state index contributed by atoms with van der Waals surface area (Å²) in [6, 6.07) is 4.54. The summed E-state index contributed by atoms with van der Waals surface area (Å²) in [5.41, 5.74) is 7.53. The van der Waals surface area contributed by atoms with E-state index in [1.807, 2.05) is 24.9 Å². The van der Waals surface area contributed by atoms with Crippen LogP contribution in [-0.2, 0) is 6.54 Å². The summed E-state index contributed by atoms with van der Waals surface area (Å²) < 4.78 is 18.2. The van der Waals surface area contributed by atoms with E-state index in [0.29, 0.717) is 17.9 Å². The second-order valence-corrected chi connectivity index (χ2v) is 4.52. The van der Waals surface area contributed by atoms with Crippen LogP contribution < -0.4 is 10.6 Å². The summed E-state index contributed by atoms with van der Waals surface area (Å²) in [4.78, 5) is 1.83. The lowest BCUT2D eigenvalue weighted by molar-refractivity contribution is 0.390. The van der Waals surface area contributed by atoms with Crippen LogP contribution in [0.3, 0.4) is 0 Å². The van der Waals surface area contributed by atoms with Gasteiger partial charge in [0, 0.05) is 19.2 Å². The average Bonchev–Trinajstić information content (AvgIpc) is 2.69. The zero-order chi connectivity index (χ0) is 13.3. The Hall–Kier alpha value is -1.75. The fourth-order valence-corrected chi connectivity index (χ4v) is 1.86. The van der Waals surface area contributed by atoms with Crippen LogP contribution in [0.4, 0.5) is 15.8 Å². The molecule has 1 aromatic carbocycles. The zero-order valence-corrected chi connectivity index (χ0v) is 10.8. The van der Waals surface area contributed by atoms with Crippen LogP contribution >= 0.6 is 11.6 Å². The highest BCUT2D eigenvalue weighted by Gasteiger charge is 2.12. The maximum atomic E-state index is 13.2. The Bertz CT molecular complexity index is 570. The first-order chi connectivity index (χ1) is 8.47. The van der Waals surface area contributed by atoms with Gasteiger partial charge in [0.15, 0.2) is 0 Å². The van der Waals surface area contributed by atoms with E-state index < -0.39 is 5.82 Å². The van der Waals surface area contributed by atoms with Gasteiger partial charge in [0.2, 0.25) is 0 Å².